The minimum absolute atomic E-state index is 0.00161. The number of aliphatic hydroxyl groups excluding tert-OH is 2. The zero-order valence-electron chi connectivity index (χ0n) is 15.2. The Morgan fingerprint density at radius 3 is 2.74 bits per heavy atom. The number of nitrogens with one attached hydrogen (secondary N) is 3. The quantitative estimate of drug-likeness (QED) is 0.508. The molecule has 3 unspecified atom stereocenters. The molecular formula is C19H25F2N3O3. The van der Waals surface area contributed by atoms with Gasteiger partial charge >= 0.3 is 6.03 Å². The molecule has 2 amide bonds. The third-order valence-corrected chi connectivity index (χ3v) is 5.70. The first kappa shape index (κ1) is 19.6. The summed E-state index contributed by atoms with van der Waals surface area (Å²) in [4.78, 5) is 15.1. The van der Waals surface area contributed by atoms with Gasteiger partial charge in [0.05, 0.1) is 6.61 Å². The highest BCUT2D eigenvalue weighted by Crippen LogP contribution is 2.45. The number of benzene rings is 1. The van der Waals surface area contributed by atoms with Crippen molar-refractivity contribution in [2.45, 2.75) is 32.2 Å². The van der Waals surface area contributed by atoms with Gasteiger partial charge in [0.15, 0.2) is 11.6 Å². The van der Waals surface area contributed by atoms with Crippen molar-refractivity contribution in [1.82, 2.24) is 15.6 Å². The fraction of sp³-hybridized carbons (Fsp3) is 0.526. The van der Waals surface area contributed by atoms with Gasteiger partial charge in [-0.2, -0.15) is 0 Å². The summed E-state index contributed by atoms with van der Waals surface area (Å²) >= 11 is 0. The van der Waals surface area contributed by atoms with Crippen LogP contribution in [0.4, 0.5) is 13.6 Å². The average molecular weight is 381 g/mol. The van der Waals surface area contributed by atoms with Crippen LogP contribution in [0.3, 0.4) is 0 Å². The SMILES string of the molecule is CC(Cc1c[nH]c2cc(F)c(F)cc12)NC(=O)NCC1(CO)CCC1CO. The fourth-order valence-electron chi connectivity index (χ4n) is 3.79. The number of hydrogen-bond donors (Lipinski definition) is 5. The van der Waals surface area contributed by atoms with Crippen LogP contribution in [0, 0.1) is 23.0 Å². The van der Waals surface area contributed by atoms with Crippen molar-refractivity contribution < 1.29 is 23.8 Å². The Balaban J connectivity index is 1.55. The number of carbonyl (C=O) groups excluding carboxylic acids is 1. The van der Waals surface area contributed by atoms with Crippen LogP contribution >= 0.6 is 0 Å². The highest BCUT2D eigenvalue weighted by atomic mass is 19.2. The molecule has 1 fully saturated rings. The van der Waals surface area contributed by atoms with Crippen LogP contribution in [0.5, 0.6) is 0 Å². The summed E-state index contributed by atoms with van der Waals surface area (Å²) in [5.41, 5.74) is 0.835. The van der Waals surface area contributed by atoms with Crippen molar-refractivity contribution in [2.75, 3.05) is 19.8 Å². The molecule has 27 heavy (non-hydrogen) atoms. The summed E-state index contributed by atoms with van der Waals surface area (Å²) in [6.07, 6.45) is 3.74. The summed E-state index contributed by atoms with van der Waals surface area (Å²) in [5.74, 6) is -1.81. The number of fused-ring (bicyclic) bond motifs is 1. The standard InChI is InChI=1S/C19H25F2N3O3/c1-11(4-12-7-22-17-6-16(21)15(20)5-14(12)17)24-18(27)23-9-19(10-26)3-2-13(19)8-25/h5-7,11,13,22,25-26H,2-4,8-10H2,1H3,(H2,23,24,27). The van der Waals surface area contributed by atoms with E-state index in [0.29, 0.717) is 23.9 Å². The van der Waals surface area contributed by atoms with Crippen LogP contribution in [0.2, 0.25) is 0 Å². The van der Waals surface area contributed by atoms with E-state index in [1.807, 2.05) is 6.92 Å². The normalized spacial score (nSPS) is 23.1. The van der Waals surface area contributed by atoms with E-state index in [2.05, 4.69) is 15.6 Å². The topological polar surface area (TPSA) is 97.4 Å². The van der Waals surface area contributed by atoms with E-state index in [-0.39, 0.29) is 31.2 Å². The smallest absolute Gasteiger partial charge is 0.315 e. The van der Waals surface area contributed by atoms with Crippen molar-refractivity contribution in [1.29, 1.82) is 0 Å². The molecule has 1 aromatic carbocycles. The number of aliphatic hydroxyl groups is 2. The molecule has 0 radical (unpaired) electrons. The van der Waals surface area contributed by atoms with Gasteiger partial charge in [-0.05, 0) is 43.7 Å². The molecule has 2 aromatic rings. The number of halogens is 2. The van der Waals surface area contributed by atoms with Crippen molar-refractivity contribution in [3.63, 3.8) is 0 Å². The number of hydrogen-bond acceptors (Lipinski definition) is 3. The number of rotatable bonds is 7. The fourth-order valence-corrected chi connectivity index (χ4v) is 3.79. The Hall–Kier alpha value is -2.19. The maximum Gasteiger partial charge on any atom is 0.315 e. The molecule has 0 saturated heterocycles. The van der Waals surface area contributed by atoms with Crippen LogP contribution in [-0.4, -0.2) is 47.0 Å². The lowest BCUT2D eigenvalue weighted by atomic mass is 9.60. The molecule has 3 atom stereocenters. The molecule has 5 N–H and O–H groups in total. The monoisotopic (exact) mass is 381 g/mol. The summed E-state index contributed by atoms with van der Waals surface area (Å²) < 4.78 is 26.8. The summed E-state index contributed by atoms with van der Waals surface area (Å²) in [6.45, 7) is 2.04. The van der Waals surface area contributed by atoms with Gasteiger partial charge in [-0.15, -0.1) is 0 Å². The number of amides is 2. The number of aromatic amines is 1. The Labute approximate surface area is 156 Å². The predicted octanol–water partition coefficient (Wildman–Crippen LogP) is 2.06. The van der Waals surface area contributed by atoms with Gasteiger partial charge in [0, 0.05) is 47.8 Å². The van der Waals surface area contributed by atoms with Crippen LogP contribution in [0.1, 0.15) is 25.3 Å². The third-order valence-electron chi connectivity index (χ3n) is 5.70. The van der Waals surface area contributed by atoms with Gasteiger partial charge in [-0.3, -0.25) is 0 Å². The number of carbonyl (C=O) groups is 1. The van der Waals surface area contributed by atoms with E-state index >= 15 is 0 Å². The molecule has 0 bridgehead atoms. The molecule has 8 heteroatoms. The van der Waals surface area contributed by atoms with E-state index in [9.17, 15) is 23.8 Å². The Morgan fingerprint density at radius 1 is 1.37 bits per heavy atom. The Kier molecular flexibility index (Phi) is 5.67. The maximum absolute atomic E-state index is 13.5. The van der Waals surface area contributed by atoms with Gasteiger partial charge in [0.2, 0.25) is 0 Å². The van der Waals surface area contributed by atoms with E-state index in [4.69, 9.17) is 0 Å². The summed E-state index contributed by atoms with van der Waals surface area (Å²) in [5, 5.41) is 25.1. The highest BCUT2D eigenvalue weighted by molar-refractivity contribution is 5.83. The van der Waals surface area contributed by atoms with Gasteiger partial charge in [0.25, 0.3) is 0 Å². The lowest BCUT2D eigenvalue weighted by Gasteiger charge is -2.47. The van der Waals surface area contributed by atoms with Gasteiger partial charge in [-0.1, -0.05) is 0 Å². The number of aromatic nitrogens is 1. The lowest BCUT2D eigenvalue weighted by molar-refractivity contribution is -0.0500. The zero-order valence-corrected chi connectivity index (χ0v) is 15.2. The number of H-pyrrole nitrogens is 1. The molecule has 148 valence electrons. The molecule has 1 aliphatic carbocycles. The molecule has 6 nitrogen and oxygen atoms in total. The molecule has 3 rings (SSSR count). The second-order valence-corrected chi connectivity index (χ2v) is 7.50. The molecular weight excluding hydrogens is 356 g/mol. The van der Waals surface area contributed by atoms with Crippen molar-refractivity contribution in [3.05, 3.63) is 35.5 Å². The zero-order chi connectivity index (χ0) is 19.6. The highest BCUT2D eigenvalue weighted by Gasteiger charge is 2.45. The van der Waals surface area contributed by atoms with Gasteiger partial charge < -0.3 is 25.8 Å². The molecule has 0 aliphatic heterocycles. The number of urea groups is 1. The summed E-state index contributed by atoms with van der Waals surface area (Å²) in [6, 6.07) is 1.66. The van der Waals surface area contributed by atoms with E-state index in [0.717, 1.165) is 30.5 Å². The van der Waals surface area contributed by atoms with Crippen LogP contribution in [0.15, 0.2) is 18.3 Å². The Morgan fingerprint density at radius 2 is 2.11 bits per heavy atom. The van der Waals surface area contributed by atoms with E-state index < -0.39 is 17.0 Å². The van der Waals surface area contributed by atoms with Gasteiger partial charge in [0.1, 0.15) is 0 Å². The minimum Gasteiger partial charge on any atom is -0.396 e. The third kappa shape index (κ3) is 3.91. The van der Waals surface area contributed by atoms with Crippen LogP contribution < -0.4 is 10.6 Å². The maximum atomic E-state index is 13.5. The Bertz CT molecular complexity index is 820. The first-order valence-corrected chi connectivity index (χ1v) is 9.09. The molecule has 1 heterocycles. The second kappa shape index (κ2) is 7.82. The van der Waals surface area contributed by atoms with E-state index in [1.165, 1.54) is 0 Å². The average Bonchev–Trinajstić information content (AvgIpc) is 2.97. The first-order valence-electron chi connectivity index (χ1n) is 9.09. The van der Waals surface area contributed by atoms with Crippen molar-refractivity contribution >= 4 is 16.9 Å². The van der Waals surface area contributed by atoms with Gasteiger partial charge in [-0.25, -0.2) is 13.6 Å². The largest absolute Gasteiger partial charge is 0.396 e. The van der Waals surface area contributed by atoms with Crippen molar-refractivity contribution in [3.8, 4) is 0 Å². The molecule has 1 aliphatic rings. The molecule has 0 spiro atoms. The molecule has 1 aromatic heterocycles. The second-order valence-electron chi connectivity index (χ2n) is 7.50. The van der Waals surface area contributed by atoms with E-state index in [1.54, 1.807) is 6.20 Å². The van der Waals surface area contributed by atoms with Crippen molar-refractivity contribution in [2.24, 2.45) is 11.3 Å². The minimum atomic E-state index is -0.907. The van der Waals surface area contributed by atoms with Crippen LogP contribution in [0.25, 0.3) is 10.9 Å². The predicted molar refractivity (Wildman–Crippen MR) is 97.2 cm³/mol. The molecule has 1 saturated carbocycles. The lowest BCUT2D eigenvalue weighted by Crippen LogP contribution is -2.54. The van der Waals surface area contributed by atoms with Crippen LogP contribution in [-0.2, 0) is 6.42 Å². The first-order chi connectivity index (χ1) is 12.9. The summed E-state index contributed by atoms with van der Waals surface area (Å²) in [7, 11) is 0.